The lowest BCUT2D eigenvalue weighted by Gasteiger charge is -2.28. The Labute approximate surface area is 172 Å². The lowest BCUT2D eigenvalue weighted by molar-refractivity contribution is 0.251. The van der Waals surface area contributed by atoms with Crippen LogP contribution in [0, 0.1) is 0 Å². The standard InChI is InChI=1S/C17H18Br2N6O2/c18-10-8-11-13(3-7-27-15(11)12(19)9-10)20-4-1-5-21-16-23-14-2-6-22-25(14)17(26)24-16/h2,6,8-9,13,20H,1,3-5,7H2,(H2,21,23,24,26). The Morgan fingerprint density at radius 3 is 3.11 bits per heavy atom. The van der Waals surface area contributed by atoms with Gasteiger partial charge in [0.1, 0.15) is 5.75 Å². The normalized spacial score (nSPS) is 16.1. The summed E-state index contributed by atoms with van der Waals surface area (Å²) >= 11 is 7.11. The number of anilines is 1. The SMILES string of the molecule is O=c1[nH]c(NCCCNC2CCOc3c(Br)cc(Br)cc32)nc2ccnn12. The Bertz CT molecular complexity index is 1020. The van der Waals surface area contributed by atoms with Crippen LogP contribution in [0.25, 0.3) is 5.65 Å². The molecule has 0 saturated heterocycles. The Morgan fingerprint density at radius 2 is 2.22 bits per heavy atom. The van der Waals surface area contributed by atoms with E-state index in [1.165, 1.54) is 4.52 Å². The minimum Gasteiger partial charge on any atom is -0.492 e. The summed E-state index contributed by atoms with van der Waals surface area (Å²) in [6, 6.07) is 6.05. The second-order valence-electron chi connectivity index (χ2n) is 6.22. The van der Waals surface area contributed by atoms with Crippen molar-refractivity contribution >= 4 is 43.5 Å². The van der Waals surface area contributed by atoms with Gasteiger partial charge < -0.3 is 15.4 Å². The predicted molar refractivity (Wildman–Crippen MR) is 109 cm³/mol. The van der Waals surface area contributed by atoms with Crippen LogP contribution in [0.1, 0.15) is 24.4 Å². The molecule has 0 aliphatic carbocycles. The summed E-state index contributed by atoms with van der Waals surface area (Å²) in [5.74, 6) is 1.37. The van der Waals surface area contributed by atoms with E-state index in [4.69, 9.17) is 4.74 Å². The molecule has 0 bridgehead atoms. The third-order valence-electron chi connectivity index (χ3n) is 4.37. The molecule has 27 heavy (non-hydrogen) atoms. The van der Waals surface area contributed by atoms with E-state index in [2.05, 4.69) is 63.6 Å². The van der Waals surface area contributed by atoms with Crippen LogP contribution in [0.3, 0.4) is 0 Å². The van der Waals surface area contributed by atoms with Crippen molar-refractivity contribution in [2.45, 2.75) is 18.9 Å². The maximum absolute atomic E-state index is 11.9. The summed E-state index contributed by atoms with van der Waals surface area (Å²) in [6.45, 7) is 2.22. The fourth-order valence-corrected chi connectivity index (χ4v) is 4.50. The molecule has 1 aliphatic rings. The highest BCUT2D eigenvalue weighted by Gasteiger charge is 2.23. The molecule has 0 spiro atoms. The molecule has 3 heterocycles. The number of halogens is 2. The molecule has 0 fully saturated rings. The minimum atomic E-state index is -0.305. The minimum absolute atomic E-state index is 0.253. The van der Waals surface area contributed by atoms with Crippen molar-refractivity contribution in [2.24, 2.45) is 0 Å². The van der Waals surface area contributed by atoms with Crippen molar-refractivity contribution in [1.82, 2.24) is 24.9 Å². The number of fused-ring (bicyclic) bond motifs is 2. The highest BCUT2D eigenvalue weighted by molar-refractivity contribution is 9.11. The van der Waals surface area contributed by atoms with Crippen molar-refractivity contribution in [3.05, 3.63) is 49.4 Å². The number of ether oxygens (including phenoxy) is 1. The Hall–Kier alpha value is -1.91. The third kappa shape index (κ3) is 4.02. The van der Waals surface area contributed by atoms with Gasteiger partial charge in [-0.1, -0.05) is 15.9 Å². The molecule has 0 radical (unpaired) electrons. The molecule has 0 saturated carbocycles. The molecule has 2 aromatic heterocycles. The van der Waals surface area contributed by atoms with E-state index < -0.39 is 0 Å². The lowest BCUT2D eigenvalue weighted by atomic mass is 10.0. The first-order valence-corrected chi connectivity index (χ1v) is 10.2. The van der Waals surface area contributed by atoms with Gasteiger partial charge in [0.25, 0.3) is 0 Å². The average molecular weight is 498 g/mol. The Kier molecular flexibility index (Phi) is 5.46. The van der Waals surface area contributed by atoms with Gasteiger partial charge in [-0.05, 0) is 41.0 Å². The van der Waals surface area contributed by atoms with Crippen molar-refractivity contribution in [2.75, 3.05) is 25.0 Å². The summed E-state index contributed by atoms with van der Waals surface area (Å²) in [7, 11) is 0. The molecule has 142 valence electrons. The van der Waals surface area contributed by atoms with Gasteiger partial charge in [-0.2, -0.15) is 14.6 Å². The van der Waals surface area contributed by atoms with Crippen molar-refractivity contribution in [3.63, 3.8) is 0 Å². The van der Waals surface area contributed by atoms with Crippen LogP contribution in [-0.2, 0) is 0 Å². The number of H-pyrrole nitrogens is 1. The number of benzene rings is 1. The monoisotopic (exact) mass is 496 g/mol. The zero-order valence-corrected chi connectivity index (χ0v) is 17.5. The maximum atomic E-state index is 11.9. The number of nitrogens with one attached hydrogen (secondary N) is 3. The van der Waals surface area contributed by atoms with Crippen LogP contribution in [0.5, 0.6) is 5.75 Å². The molecule has 4 rings (SSSR count). The molecule has 1 aromatic carbocycles. The number of hydrogen-bond donors (Lipinski definition) is 3. The Morgan fingerprint density at radius 1 is 1.33 bits per heavy atom. The van der Waals surface area contributed by atoms with Crippen LogP contribution < -0.4 is 21.1 Å². The molecule has 10 heteroatoms. The molecule has 1 aliphatic heterocycles. The molecular formula is C17H18Br2N6O2. The van der Waals surface area contributed by atoms with Crippen LogP contribution in [0.15, 0.2) is 38.1 Å². The van der Waals surface area contributed by atoms with Gasteiger partial charge >= 0.3 is 5.69 Å². The van der Waals surface area contributed by atoms with Crippen molar-refractivity contribution in [3.8, 4) is 5.75 Å². The van der Waals surface area contributed by atoms with Crippen molar-refractivity contribution < 1.29 is 4.74 Å². The number of nitrogens with zero attached hydrogens (tertiary/aromatic N) is 3. The van der Waals surface area contributed by atoms with E-state index >= 15 is 0 Å². The number of rotatable bonds is 6. The largest absolute Gasteiger partial charge is 0.492 e. The van der Waals surface area contributed by atoms with Gasteiger partial charge in [0.15, 0.2) is 5.65 Å². The lowest BCUT2D eigenvalue weighted by Crippen LogP contribution is -2.29. The van der Waals surface area contributed by atoms with E-state index in [9.17, 15) is 4.79 Å². The zero-order valence-electron chi connectivity index (χ0n) is 14.3. The maximum Gasteiger partial charge on any atom is 0.350 e. The van der Waals surface area contributed by atoms with Gasteiger partial charge in [0.2, 0.25) is 5.95 Å². The number of aromatic nitrogens is 4. The summed E-state index contributed by atoms with van der Waals surface area (Å²) in [5, 5.41) is 10.6. The van der Waals surface area contributed by atoms with Gasteiger partial charge in [-0.3, -0.25) is 4.98 Å². The van der Waals surface area contributed by atoms with Gasteiger partial charge in [0, 0.05) is 35.1 Å². The molecule has 8 nitrogen and oxygen atoms in total. The Balaban J connectivity index is 1.31. The molecular weight excluding hydrogens is 480 g/mol. The van der Waals surface area contributed by atoms with Crippen molar-refractivity contribution in [1.29, 1.82) is 0 Å². The summed E-state index contributed by atoms with van der Waals surface area (Å²) in [6.07, 6.45) is 3.36. The summed E-state index contributed by atoms with van der Waals surface area (Å²) in [5.41, 5.74) is 1.38. The topological polar surface area (TPSA) is 96.3 Å². The van der Waals surface area contributed by atoms with Crippen LogP contribution in [0.4, 0.5) is 5.95 Å². The first kappa shape index (κ1) is 18.5. The fraction of sp³-hybridized carbons (Fsp3) is 0.353. The third-order valence-corrected chi connectivity index (χ3v) is 5.42. The molecule has 0 amide bonds. The van der Waals surface area contributed by atoms with E-state index in [0.29, 0.717) is 24.7 Å². The number of aromatic amines is 1. The zero-order chi connectivity index (χ0) is 18.8. The number of hydrogen-bond acceptors (Lipinski definition) is 6. The highest BCUT2D eigenvalue weighted by Crippen LogP contribution is 2.40. The van der Waals surface area contributed by atoms with Gasteiger partial charge in [-0.25, -0.2) is 4.79 Å². The van der Waals surface area contributed by atoms with Crippen LogP contribution in [-0.4, -0.2) is 39.3 Å². The predicted octanol–water partition coefficient (Wildman–Crippen LogP) is 2.86. The molecule has 3 N–H and O–H groups in total. The second kappa shape index (κ2) is 7.99. The highest BCUT2D eigenvalue weighted by atomic mass is 79.9. The van der Waals surface area contributed by atoms with E-state index in [1.54, 1.807) is 12.3 Å². The quantitative estimate of drug-likeness (QED) is 0.453. The molecule has 1 unspecified atom stereocenters. The second-order valence-corrected chi connectivity index (χ2v) is 7.99. The van der Waals surface area contributed by atoms with E-state index in [0.717, 1.165) is 39.6 Å². The van der Waals surface area contributed by atoms with Gasteiger partial charge in [-0.15, -0.1) is 0 Å². The van der Waals surface area contributed by atoms with E-state index in [-0.39, 0.29) is 11.7 Å². The fourth-order valence-electron chi connectivity index (χ4n) is 3.13. The first-order valence-electron chi connectivity index (χ1n) is 8.65. The first-order chi connectivity index (χ1) is 13.1. The smallest absolute Gasteiger partial charge is 0.350 e. The van der Waals surface area contributed by atoms with Crippen LogP contribution >= 0.6 is 31.9 Å². The van der Waals surface area contributed by atoms with Gasteiger partial charge in [0.05, 0.1) is 17.3 Å². The summed E-state index contributed by atoms with van der Waals surface area (Å²) in [4.78, 5) is 18.9. The summed E-state index contributed by atoms with van der Waals surface area (Å²) < 4.78 is 9.01. The van der Waals surface area contributed by atoms with Crippen LogP contribution in [0.2, 0.25) is 0 Å². The van der Waals surface area contributed by atoms with E-state index in [1.807, 2.05) is 6.07 Å². The molecule has 3 aromatic rings. The molecule has 1 atom stereocenters. The average Bonchev–Trinajstić information content (AvgIpc) is 3.11.